The number of hydrogen-bond acceptors (Lipinski definition) is 4. The Kier molecular flexibility index (Phi) is 5.79. The summed E-state index contributed by atoms with van der Waals surface area (Å²) < 4.78 is 0. The molecular weight excluding hydrogens is 348 g/mol. The maximum absolute atomic E-state index is 12.7. The summed E-state index contributed by atoms with van der Waals surface area (Å²) in [5, 5.41) is 4.97. The van der Waals surface area contributed by atoms with Crippen LogP contribution in [0.3, 0.4) is 0 Å². The number of benzene rings is 1. The molecule has 0 bridgehead atoms. The van der Waals surface area contributed by atoms with Crippen LogP contribution in [0, 0.1) is 6.92 Å². The highest BCUT2D eigenvalue weighted by molar-refractivity contribution is 7.13. The van der Waals surface area contributed by atoms with E-state index < -0.39 is 0 Å². The first-order valence-electron chi connectivity index (χ1n) is 8.08. The van der Waals surface area contributed by atoms with Crippen molar-refractivity contribution in [3.05, 3.63) is 75.9 Å². The maximum Gasteiger partial charge on any atom is 0.229 e. The third kappa shape index (κ3) is 4.65. The lowest BCUT2D eigenvalue weighted by Crippen LogP contribution is -2.31. The maximum atomic E-state index is 12.7. The summed E-state index contributed by atoms with van der Waals surface area (Å²) in [4.78, 5) is 20.3. The van der Waals surface area contributed by atoms with E-state index in [9.17, 15) is 4.79 Å². The number of aromatic nitrogens is 1. The van der Waals surface area contributed by atoms with Crippen LogP contribution in [-0.2, 0) is 17.8 Å². The summed E-state index contributed by atoms with van der Waals surface area (Å²) in [6.45, 7) is 7.01. The SMILES string of the molecule is C=CCN(Cc1cccs1)C(=O)Cc1csc(-c2cccc(C)c2)n1. The van der Waals surface area contributed by atoms with Gasteiger partial charge in [0, 0.05) is 22.4 Å². The molecular formula is C20H20N2OS2. The fourth-order valence-corrected chi connectivity index (χ4v) is 4.10. The van der Waals surface area contributed by atoms with Gasteiger partial charge in [-0.15, -0.1) is 29.3 Å². The summed E-state index contributed by atoms with van der Waals surface area (Å²) in [6, 6.07) is 12.3. The van der Waals surface area contributed by atoms with E-state index in [0.717, 1.165) is 16.3 Å². The minimum Gasteiger partial charge on any atom is -0.334 e. The topological polar surface area (TPSA) is 33.2 Å². The predicted octanol–water partition coefficient (Wildman–Crippen LogP) is 4.94. The average Bonchev–Trinajstić information content (AvgIpc) is 3.26. The van der Waals surface area contributed by atoms with Crippen molar-refractivity contribution >= 4 is 28.6 Å². The number of aryl methyl sites for hydroxylation is 1. The second-order valence-corrected chi connectivity index (χ2v) is 7.72. The second kappa shape index (κ2) is 8.23. The number of thiophene rings is 1. The number of hydrogen-bond donors (Lipinski definition) is 0. The Bertz CT molecular complexity index is 852. The van der Waals surface area contributed by atoms with Gasteiger partial charge in [-0.3, -0.25) is 4.79 Å². The Morgan fingerprint density at radius 3 is 2.88 bits per heavy atom. The molecule has 128 valence electrons. The Balaban J connectivity index is 1.70. The predicted molar refractivity (Wildman–Crippen MR) is 106 cm³/mol. The zero-order chi connectivity index (χ0) is 17.6. The molecule has 0 aliphatic rings. The van der Waals surface area contributed by atoms with Crippen LogP contribution in [0.25, 0.3) is 10.6 Å². The van der Waals surface area contributed by atoms with Crippen LogP contribution in [0.4, 0.5) is 0 Å². The minimum atomic E-state index is 0.0781. The summed E-state index contributed by atoms with van der Waals surface area (Å²) in [5.74, 6) is 0.0781. The minimum absolute atomic E-state index is 0.0781. The zero-order valence-corrected chi connectivity index (χ0v) is 15.8. The fraction of sp³-hybridized carbons (Fsp3) is 0.200. The van der Waals surface area contributed by atoms with Gasteiger partial charge in [0.25, 0.3) is 0 Å². The molecule has 0 spiro atoms. The monoisotopic (exact) mass is 368 g/mol. The Morgan fingerprint density at radius 1 is 1.28 bits per heavy atom. The number of nitrogens with zero attached hydrogens (tertiary/aromatic N) is 2. The fourth-order valence-electron chi connectivity index (χ4n) is 2.57. The largest absolute Gasteiger partial charge is 0.334 e. The van der Waals surface area contributed by atoms with Gasteiger partial charge in [-0.25, -0.2) is 4.98 Å². The highest BCUT2D eigenvalue weighted by atomic mass is 32.1. The van der Waals surface area contributed by atoms with Crippen LogP contribution in [0.1, 0.15) is 16.1 Å². The number of carbonyl (C=O) groups excluding carboxylic acids is 1. The van der Waals surface area contributed by atoms with E-state index in [4.69, 9.17) is 0 Å². The van der Waals surface area contributed by atoms with Crippen molar-refractivity contribution in [2.75, 3.05) is 6.54 Å². The number of carbonyl (C=O) groups is 1. The summed E-state index contributed by atoms with van der Waals surface area (Å²) >= 11 is 3.25. The average molecular weight is 369 g/mol. The first kappa shape index (κ1) is 17.6. The molecule has 0 aliphatic heterocycles. The first-order chi connectivity index (χ1) is 12.2. The van der Waals surface area contributed by atoms with Crippen LogP contribution in [0.5, 0.6) is 0 Å². The molecule has 0 fully saturated rings. The summed E-state index contributed by atoms with van der Waals surface area (Å²) in [5.41, 5.74) is 3.13. The second-order valence-electron chi connectivity index (χ2n) is 5.83. The highest BCUT2D eigenvalue weighted by Gasteiger charge is 2.16. The van der Waals surface area contributed by atoms with Crippen molar-refractivity contribution in [2.24, 2.45) is 0 Å². The lowest BCUT2D eigenvalue weighted by atomic mass is 10.1. The van der Waals surface area contributed by atoms with Crippen LogP contribution in [0.15, 0.2) is 59.8 Å². The molecule has 0 aliphatic carbocycles. The van der Waals surface area contributed by atoms with E-state index in [1.807, 2.05) is 33.9 Å². The number of thiazole rings is 1. The smallest absolute Gasteiger partial charge is 0.229 e. The van der Waals surface area contributed by atoms with Gasteiger partial charge >= 0.3 is 0 Å². The van der Waals surface area contributed by atoms with Crippen molar-refractivity contribution in [3.63, 3.8) is 0 Å². The molecule has 1 amide bonds. The third-order valence-corrected chi connectivity index (χ3v) is 5.58. The molecule has 0 N–H and O–H groups in total. The molecule has 0 unspecified atom stereocenters. The van der Waals surface area contributed by atoms with Gasteiger partial charge in [0.05, 0.1) is 18.7 Å². The van der Waals surface area contributed by atoms with E-state index in [0.29, 0.717) is 19.5 Å². The van der Waals surface area contributed by atoms with Crippen molar-refractivity contribution in [2.45, 2.75) is 19.9 Å². The molecule has 3 aromatic rings. The standard InChI is InChI=1S/C20H20N2OS2/c1-3-9-22(13-18-8-5-10-24-18)19(23)12-17-14-25-20(21-17)16-7-4-6-15(2)11-16/h3-8,10-11,14H,1,9,12-13H2,2H3. The van der Waals surface area contributed by atoms with Crippen molar-refractivity contribution in [1.82, 2.24) is 9.88 Å². The van der Waals surface area contributed by atoms with Gasteiger partial charge in [-0.1, -0.05) is 35.9 Å². The lowest BCUT2D eigenvalue weighted by Gasteiger charge is -2.20. The van der Waals surface area contributed by atoms with Gasteiger partial charge < -0.3 is 4.90 Å². The quantitative estimate of drug-likeness (QED) is 0.554. The molecule has 0 saturated heterocycles. The van der Waals surface area contributed by atoms with Gasteiger partial charge in [0.1, 0.15) is 5.01 Å². The lowest BCUT2D eigenvalue weighted by molar-refractivity contribution is -0.130. The molecule has 0 radical (unpaired) electrons. The summed E-state index contributed by atoms with van der Waals surface area (Å²) in [7, 11) is 0. The summed E-state index contributed by atoms with van der Waals surface area (Å²) in [6.07, 6.45) is 2.09. The Morgan fingerprint density at radius 2 is 2.16 bits per heavy atom. The zero-order valence-electron chi connectivity index (χ0n) is 14.1. The third-order valence-electron chi connectivity index (χ3n) is 3.78. The van der Waals surface area contributed by atoms with Crippen molar-refractivity contribution < 1.29 is 4.79 Å². The normalized spacial score (nSPS) is 10.6. The molecule has 2 heterocycles. The first-order valence-corrected chi connectivity index (χ1v) is 9.84. The van der Waals surface area contributed by atoms with Crippen molar-refractivity contribution in [1.29, 1.82) is 0 Å². The van der Waals surface area contributed by atoms with E-state index in [2.05, 4.69) is 36.7 Å². The molecule has 3 rings (SSSR count). The van der Waals surface area contributed by atoms with Crippen LogP contribution in [-0.4, -0.2) is 22.3 Å². The van der Waals surface area contributed by atoms with E-state index in [-0.39, 0.29) is 5.91 Å². The van der Waals surface area contributed by atoms with E-state index in [1.165, 1.54) is 10.4 Å². The van der Waals surface area contributed by atoms with E-state index in [1.54, 1.807) is 28.7 Å². The number of amides is 1. The molecule has 3 nitrogen and oxygen atoms in total. The Hall–Kier alpha value is -2.24. The molecule has 1 aromatic carbocycles. The number of rotatable bonds is 7. The van der Waals surface area contributed by atoms with Gasteiger partial charge in [0.15, 0.2) is 0 Å². The van der Waals surface area contributed by atoms with Crippen LogP contribution in [0.2, 0.25) is 0 Å². The van der Waals surface area contributed by atoms with Crippen molar-refractivity contribution in [3.8, 4) is 10.6 Å². The van der Waals surface area contributed by atoms with Gasteiger partial charge in [-0.2, -0.15) is 0 Å². The highest BCUT2D eigenvalue weighted by Crippen LogP contribution is 2.25. The van der Waals surface area contributed by atoms with Gasteiger partial charge in [-0.05, 0) is 24.4 Å². The molecule has 0 atom stereocenters. The van der Waals surface area contributed by atoms with E-state index >= 15 is 0 Å². The van der Waals surface area contributed by atoms with Crippen LogP contribution < -0.4 is 0 Å². The molecule has 2 aromatic heterocycles. The van der Waals surface area contributed by atoms with Gasteiger partial charge in [0.2, 0.25) is 5.91 Å². The Labute approximate surface area is 156 Å². The molecule has 5 heteroatoms. The molecule has 0 saturated carbocycles. The molecule has 25 heavy (non-hydrogen) atoms. The van der Waals surface area contributed by atoms with Crippen LogP contribution >= 0.6 is 22.7 Å².